The van der Waals surface area contributed by atoms with Gasteiger partial charge in [0.05, 0.1) is 10.6 Å². The number of nitrogens with zero attached hydrogens (tertiary/aromatic N) is 3. The van der Waals surface area contributed by atoms with Crippen LogP contribution >= 0.6 is 11.6 Å². The molecule has 7 nitrogen and oxygen atoms in total. The van der Waals surface area contributed by atoms with Gasteiger partial charge < -0.3 is 5.11 Å². The zero-order chi connectivity index (χ0) is 14.9. The topological polar surface area (TPSA) is 98.3 Å². The fourth-order valence-corrected chi connectivity index (χ4v) is 2.17. The number of nitro benzene ring substituents is 1. The highest BCUT2D eigenvalue weighted by Gasteiger charge is 2.25. The molecule has 0 radical (unpaired) electrons. The van der Waals surface area contributed by atoms with Crippen molar-refractivity contribution in [1.82, 2.24) is 9.78 Å². The molecule has 0 amide bonds. The second-order valence-electron chi connectivity index (χ2n) is 3.93. The van der Waals surface area contributed by atoms with Gasteiger partial charge in [0, 0.05) is 6.07 Å². The molecular weight excluding hydrogens is 286 g/mol. The van der Waals surface area contributed by atoms with E-state index in [1.54, 1.807) is 13.0 Å². The third-order valence-electron chi connectivity index (χ3n) is 2.76. The van der Waals surface area contributed by atoms with E-state index in [-0.39, 0.29) is 27.8 Å². The number of carboxylic acid groups (broad SMARTS) is 1. The van der Waals surface area contributed by atoms with E-state index < -0.39 is 10.9 Å². The molecular formula is C12H10ClN3O4. The Balaban J connectivity index is 2.72. The van der Waals surface area contributed by atoms with Crippen molar-refractivity contribution in [3.05, 3.63) is 50.8 Å². The Labute approximate surface area is 118 Å². The molecule has 1 N–H and O–H groups in total. The average molecular weight is 296 g/mol. The summed E-state index contributed by atoms with van der Waals surface area (Å²) in [5.74, 6) is -1.21. The minimum absolute atomic E-state index is 0.129. The number of hydrogen-bond acceptors (Lipinski definition) is 4. The molecule has 0 saturated heterocycles. The molecule has 1 aromatic carbocycles. The predicted molar refractivity (Wildman–Crippen MR) is 71.6 cm³/mol. The second-order valence-corrected chi connectivity index (χ2v) is 4.29. The molecule has 0 aliphatic heterocycles. The van der Waals surface area contributed by atoms with Crippen LogP contribution in [0.3, 0.4) is 0 Å². The highest BCUT2D eigenvalue weighted by Crippen LogP contribution is 2.29. The predicted octanol–water partition coefficient (Wildman–Crippen LogP) is 2.69. The Morgan fingerprint density at radius 1 is 1.50 bits per heavy atom. The van der Waals surface area contributed by atoms with E-state index >= 15 is 0 Å². The highest BCUT2D eigenvalue weighted by atomic mass is 35.5. The summed E-state index contributed by atoms with van der Waals surface area (Å²) in [4.78, 5) is 21.6. The van der Waals surface area contributed by atoms with Crippen molar-refractivity contribution >= 4 is 23.3 Å². The van der Waals surface area contributed by atoms with Crippen LogP contribution in [0, 0.1) is 10.1 Å². The van der Waals surface area contributed by atoms with Crippen LogP contribution in [-0.4, -0.2) is 25.8 Å². The molecule has 0 aliphatic rings. The first kappa shape index (κ1) is 14.0. The third-order valence-corrected chi connectivity index (χ3v) is 3.11. The Morgan fingerprint density at radius 3 is 2.65 bits per heavy atom. The lowest BCUT2D eigenvalue weighted by molar-refractivity contribution is -0.384. The lowest BCUT2D eigenvalue weighted by Crippen LogP contribution is -2.02. The van der Waals surface area contributed by atoms with Crippen LogP contribution in [0.25, 0.3) is 5.69 Å². The van der Waals surface area contributed by atoms with Crippen LogP contribution in [0.5, 0.6) is 0 Å². The first-order valence-corrected chi connectivity index (χ1v) is 6.09. The van der Waals surface area contributed by atoms with Crippen molar-refractivity contribution in [3.8, 4) is 5.69 Å². The molecule has 0 aliphatic carbocycles. The van der Waals surface area contributed by atoms with Crippen molar-refractivity contribution in [2.75, 3.05) is 0 Å². The van der Waals surface area contributed by atoms with E-state index in [0.717, 1.165) is 4.68 Å². The van der Waals surface area contributed by atoms with Crippen LogP contribution in [0.4, 0.5) is 5.69 Å². The molecule has 104 valence electrons. The molecule has 0 bridgehead atoms. The van der Waals surface area contributed by atoms with Gasteiger partial charge in [-0.3, -0.25) is 10.1 Å². The standard InChI is InChI=1S/C12H10ClN3O4/c1-2-7-10(12(17)18)11(13)15(14-7)8-5-3-4-6-9(8)16(19)20/h3-6H,2H2,1H3,(H,17,18). The second kappa shape index (κ2) is 5.30. The van der Waals surface area contributed by atoms with Gasteiger partial charge in [-0.15, -0.1) is 0 Å². The maximum Gasteiger partial charge on any atom is 0.340 e. The molecule has 0 unspecified atom stereocenters. The Bertz CT molecular complexity index is 696. The van der Waals surface area contributed by atoms with Crippen LogP contribution < -0.4 is 0 Å². The fourth-order valence-electron chi connectivity index (χ4n) is 1.86. The van der Waals surface area contributed by atoms with Gasteiger partial charge in [0.15, 0.2) is 0 Å². The lowest BCUT2D eigenvalue weighted by Gasteiger charge is -2.03. The summed E-state index contributed by atoms with van der Waals surface area (Å²) in [5, 5.41) is 24.1. The minimum Gasteiger partial charge on any atom is -0.478 e. The summed E-state index contributed by atoms with van der Waals surface area (Å²) < 4.78 is 1.09. The maximum atomic E-state index is 11.2. The van der Waals surface area contributed by atoms with Gasteiger partial charge in [-0.1, -0.05) is 30.7 Å². The monoisotopic (exact) mass is 295 g/mol. The van der Waals surface area contributed by atoms with Crippen LogP contribution in [0.15, 0.2) is 24.3 Å². The quantitative estimate of drug-likeness (QED) is 0.690. The van der Waals surface area contributed by atoms with Gasteiger partial charge in [0.2, 0.25) is 0 Å². The number of nitro groups is 1. The summed E-state index contributed by atoms with van der Waals surface area (Å²) in [6.45, 7) is 1.73. The van der Waals surface area contributed by atoms with E-state index in [4.69, 9.17) is 16.7 Å². The molecule has 1 aromatic heterocycles. The number of hydrogen-bond donors (Lipinski definition) is 1. The number of carbonyl (C=O) groups is 1. The van der Waals surface area contributed by atoms with Gasteiger partial charge in [0.1, 0.15) is 16.4 Å². The summed E-state index contributed by atoms with van der Waals surface area (Å²) in [5.41, 5.74) is 0.0779. The van der Waals surface area contributed by atoms with Gasteiger partial charge in [-0.05, 0) is 12.5 Å². The summed E-state index contributed by atoms with van der Waals surface area (Å²) >= 11 is 6.01. The number of carboxylic acids is 1. The first-order valence-electron chi connectivity index (χ1n) is 5.71. The first-order chi connectivity index (χ1) is 9.47. The van der Waals surface area contributed by atoms with Gasteiger partial charge >= 0.3 is 5.97 Å². The number of benzene rings is 1. The summed E-state index contributed by atoms with van der Waals surface area (Å²) in [6.07, 6.45) is 0.356. The number of para-hydroxylation sites is 2. The normalized spacial score (nSPS) is 10.5. The SMILES string of the molecule is CCc1nn(-c2ccccc2[N+](=O)[O-])c(Cl)c1C(=O)O. The molecule has 1 heterocycles. The summed E-state index contributed by atoms with van der Waals surface area (Å²) in [6, 6.07) is 5.87. The van der Waals surface area contributed by atoms with Crippen molar-refractivity contribution in [2.45, 2.75) is 13.3 Å². The number of halogens is 1. The van der Waals surface area contributed by atoms with Gasteiger partial charge in [0.25, 0.3) is 5.69 Å². The zero-order valence-electron chi connectivity index (χ0n) is 10.4. The van der Waals surface area contributed by atoms with Gasteiger partial charge in [-0.25, -0.2) is 9.48 Å². The number of aromatic nitrogens is 2. The zero-order valence-corrected chi connectivity index (χ0v) is 11.2. The van der Waals surface area contributed by atoms with E-state index in [1.807, 2.05) is 0 Å². The van der Waals surface area contributed by atoms with Crippen LogP contribution in [-0.2, 0) is 6.42 Å². The van der Waals surface area contributed by atoms with Crippen molar-refractivity contribution in [3.63, 3.8) is 0 Å². The third kappa shape index (κ3) is 2.23. The molecule has 2 rings (SSSR count). The Hall–Kier alpha value is -2.41. The molecule has 20 heavy (non-hydrogen) atoms. The van der Waals surface area contributed by atoms with E-state index in [0.29, 0.717) is 6.42 Å². The molecule has 0 atom stereocenters. The number of rotatable bonds is 4. The van der Waals surface area contributed by atoms with Crippen molar-refractivity contribution < 1.29 is 14.8 Å². The Morgan fingerprint density at radius 2 is 2.15 bits per heavy atom. The smallest absolute Gasteiger partial charge is 0.340 e. The van der Waals surface area contributed by atoms with E-state index in [1.165, 1.54) is 18.2 Å². The van der Waals surface area contributed by atoms with Gasteiger partial charge in [-0.2, -0.15) is 5.10 Å². The number of aromatic carboxylic acids is 1. The minimum atomic E-state index is -1.21. The van der Waals surface area contributed by atoms with E-state index in [2.05, 4.69) is 5.10 Å². The van der Waals surface area contributed by atoms with Crippen molar-refractivity contribution in [1.29, 1.82) is 0 Å². The maximum absolute atomic E-state index is 11.2. The summed E-state index contributed by atoms with van der Waals surface area (Å²) in [7, 11) is 0. The van der Waals surface area contributed by atoms with Crippen LogP contribution in [0.1, 0.15) is 23.0 Å². The molecule has 0 saturated carbocycles. The van der Waals surface area contributed by atoms with E-state index in [9.17, 15) is 14.9 Å². The largest absolute Gasteiger partial charge is 0.478 e. The fraction of sp³-hybridized carbons (Fsp3) is 0.167. The molecule has 0 fully saturated rings. The average Bonchev–Trinajstić information content (AvgIpc) is 2.75. The lowest BCUT2D eigenvalue weighted by atomic mass is 10.2. The molecule has 0 spiro atoms. The number of aryl methyl sites for hydroxylation is 1. The highest BCUT2D eigenvalue weighted by molar-refractivity contribution is 6.33. The Kier molecular flexibility index (Phi) is 3.71. The van der Waals surface area contributed by atoms with Crippen LogP contribution in [0.2, 0.25) is 5.15 Å². The van der Waals surface area contributed by atoms with Crippen molar-refractivity contribution in [2.24, 2.45) is 0 Å². The molecule has 8 heteroatoms. The molecule has 2 aromatic rings.